The van der Waals surface area contributed by atoms with Crippen molar-refractivity contribution < 1.29 is 29.1 Å². The molecule has 0 unspecified atom stereocenters. The molecule has 0 saturated heterocycles. The summed E-state index contributed by atoms with van der Waals surface area (Å²) in [5.41, 5.74) is 0.965. The van der Waals surface area contributed by atoms with Crippen LogP contribution in [0.15, 0.2) is 28.8 Å². The van der Waals surface area contributed by atoms with E-state index in [2.05, 4.69) is 5.16 Å². The number of carbonyl (C=O) groups is 2. The molecule has 0 bridgehead atoms. The summed E-state index contributed by atoms with van der Waals surface area (Å²) in [6.45, 7) is 1.58. The van der Waals surface area contributed by atoms with E-state index < -0.39 is 11.9 Å². The smallest absolute Gasteiger partial charge is 0.341 e. The third-order valence-corrected chi connectivity index (χ3v) is 4.47. The van der Waals surface area contributed by atoms with Crippen molar-refractivity contribution in [2.75, 3.05) is 0 Å². The van der Waals surface area contributed by atoms with Crippen molar-refractivity contribution in [3.63, 3.8) is 0 Å². The fourth-order valence-electron chi connectivity index (χ4n) is 3.17. The van der Waals surface area contributed by atoms with Gasteiger partial charge in [-0.15, -0.1) is 0 Å². The highest BCUT2D eigenvalue weighted by Crippen LogP contribution is 2.31. The Morgan fingerprint density at radius 3 is 2.56 bits per heavy atom. The zero-order valence-electron chi connectivity index (χ0n) is 13.8. The summed E-state index contributed by atoms with van der Waals surface area (Å²) in [5.74, 6) is -1.39. The van der Waals surface area contributed by atoms with Gasteiger partial charge in [-0.25, -0.2) is 4.79 Å². The van der Waals surface area contributed by atoms with E-state index in [9.17, 15) is 14.7 Å². The molecule has 1 fully saturated rings. The van der Waals surface area contributed by atoms with Crippen molar-refractivity contribution in [1.29, 1.82) is 0 Å². The molecule has 1 heterocycles. The molecule has 7 nitrogen and oxygen atoms in total. The van der Waals surface area contributed by atoms with Crippen molar-refractivity contribution in [1.82, 2.24) is 5.16 Å². The Morgan fingerprint density at radius 1 is 1.20 bits per heavy atom. The zero-order chi connectivity index (χ0) is 18.0. The van der Waals surface area contributed by atoms with Gasteiger partial charge in [-0.2, -0.15) is 0 Å². The molecule has 2 N–H and O–H groups in total. The maximum Gasteiger partial charge on any atom is 0.341 e. The van der Waals surface area contributed by atoms with Crippen LogP contribution in [0.2, 0.25) is 0 Å². The average molecular weight is 345 g/mol. The topological polar surface area (TPSA) is 110 Å². The Bertz CT molecular complexity index is 779. The first kappa shape index (κ1) is 17.0. The van der Waals surface area contributed by atoms with Crippen LogP contribution in [-0.4, -0.2) is 33.4 Å². The Hall–Kier alpha value is -2.83. The molecule has 2 atom stereocenters. The molecule has 1 aromatic carbocycles. The lowest BCUT2D eigenvalue weighted by molar-refractivity contribution is -0.143. The van der Waals surface area contributed by atoms with Crippen LogP contribution in [0, 0.1) is 12.8 Å². The lowest BCUT2D eigenvalue weighted by Crippen LogP contribution is -2.29. The number of aromatic carboxylic acids is 1. The number of carboxylic acids is 2. The van der Waals surface area contributed by atoms with Crippen LogP contribution in [0.3, 0.4) is 0 Å². The standard InChI is InChI=1S/C18H19NO6/c1-10-15(18(22)23)16(25-19-10)11-5-7-13(8-6-11)24-14-4-2-3-12(9-14)17(20)21/h5-8,12,14H,2-4,9H2,1H3,(H,20,21)(H,22,23)/t12-,14-/m0/s1. The van der Waals surface area contributed by atoms with Crippen LogP contribution in [-0.2, 0) is 4.79 Å². The van der Waals surface area contributed by atoms with Crippen LogP contribution in [0.1, 0.15) is 41.7 Å². The number of aliphatic carboxylic acids is 1. The van der Waals surface area contributed by atoms with Crippen LogP contribution < -0.4 is 4.74 Å². The molecule has 0 spiro atoms. The number of aromatic nitrogens is 1. The summed E-state index contributed by atoms with van der Waals surface area (Å²) >= 11 is 0. The van der Waals surface area contributed by atoms with E-state index in [-0.39, 0.29) is 23.3 Å². The lowest BCUT2D eigenvalue weighted by atomic mass is 9.87. The molecule has 25 heavy (non-hydrogen) atoms. The van der Waals surface area contributed by atoms with Gasteiger partial charge >= 0.3 is 11.9 Å². The number of nitrogens with zero attached hydrogens (tertiary/aromatic N) is 1. The second-order valence-corrected chi connectivity index (χ2v) is 6.24. The van der Waals surface area contributed by atoms with E-state index in [1.54, 1.807) is 31.2 Å². The number of benzene rings is 1. The summed E-state index contributed by atoms with van der Waals surface area (Å²) in [6.07, 6.45) is 2.73. The zero-order valence-corrected chi connectivity index (χ0v) is 13.8. The first-order valence-corrected chi connectivity index (χ1v) is 8.15. The summed E-state index contributed by atoms with van der Waals surface area (Å²) in [4.78, 5) is 22.4. The van der Waals surface area contributed by atoms with Crippen LogP contribution in [0.4, 0.5) is 0 Å². The predicted molar refractivity (Wildman–Crippen MR) is 87.6 cm³/mol. The van der Waals surface area contributed by atoms with Crippen LogP contribution in [0.25, 0.3) is 11.3 Å². The van der Waals surface area contributed by atoms with Crippen molar-refractivity contribution in [3.05, 3.63) is 35.5 Å². The van der Waals surface area contributed by atoms with Crippen molar-refractivity contribution in [2.24, 2.45) is 5.92 Å². The highest BCUT2D eigenvalue weighted by molar-refractivity contribution is 5.95. The number of rotatable bonds is 5. The van der Waals surface area contributed by atoms with Crippen LogP contribution >= 0.6 is 0 Å². The average Bonchev–Trinajstić information content (AvgIpc) is 2.97. The molecule has 1 saturated carbocycles. The molecular formula is C18H19NO6. The van der Waals surface area contributed by atoms with Gasteiger partial charge in [0.2, 0.25) is 0 Å². The van der Waals surface area contributed by atoms with Crippen LogP contribution in [0.5, 0.6) is 5.75 Å². The largest absolute Gasteiger partial charge is 0.490 e. The van der Waals surface area contributed by atoms with Gasteiger partial charge in [-0.3, -0.25) is 4.79 Å². The summed E-state index contributed by atoms with van der Waals surface area (Å²) < 4.78 is 11.0. The first-order chi connectivity index (χ1) is 12.0. The van der Waals surface area contributed by atoms with E-state index >= 15 is 0 Å². The summed E-state index contributed by atoms with van der Waals surface area (Å²) in [6, 6.07) is 6.87. The minimum Gasteiger partial charge on any atom is -0.490 e. The molecule has 3 rings (SSSR count). The van der Waals surface area contributed by atoms with Crippen molar-refractivity contribution in [2.45, 2.75) is 38.7 Å². The van der Waals surface area contributed by atoms with E-state index in [0.717, 1.165) is 12.8 Å². The van der Waals surface area contributed by atoms with Crippen molar-refractivity contribution >= 4 is 11.9 Å². The Balaban J connectivity index is 1.73. The number of aryl methyl sites for hydroxylation is 1. The number of ether oxygens (including phenoxy) is 1. The highest BCUT2D eigenvalue weighted by Gasteiger charge is 2.28. The highest BCUT2D eigenvalue weighted by atomic mass is 16.5. The van der Waals surface area contributed by atoms with Gasteiger partial charge in [0, 0.05) is 5.56 Å². The maximum absolute atomic E-state index is 11.3. The van der Waals surface area contributed by atoms with Crippen molar-refractivity contribution in [3.8, 4) is 17.1 Å². The second-order valence-electron chi connectivity index (χ2n) is 6.24. The molecule has 2 aromatic rings. The summed E-state index contributed by atoms with van der Waals surface area (Å²) in [7, 11) is 0. The van der Waals surface area contributed by atoms with E-state index in [1.165, 1.54) is 0 Å². The molecule has 132 valence electrons. The SMILES string of the molecule is Cc1noc(-c2ccc(O[C@H]3CCC[C@H](C(=O)O)C3)cc2)c1C(=O)O. The van der Waals surface area contributed by atoms with Gasteiger partial charge in [0.25, 0.3) is 0 Å². The monoisotopic (exact) mass is 345 g/mol. The molecule has 7 heteroatoms. The molecule has 0 amide bonds. The molecule has 0 aliphatic heterocycles. The molecule has 0 radical (unpaired) electrons. The van der Waals surface area contributed by atoms with Gasteiger partial charge < -0.3 is 19.5 Å². The quantitative estimate of drug-likeness (QED) is 0.855. The third-order valence-electron chi connectivity index (χ3n) is 4.47. The van der Waals surface area contributed by atoms with Gasteiger partial charge in [0.1, 0.15) is 11.3 Å². The normalized spacial score (nSPS) is 20.2. The van der Waals surface area contributed by atoms with Gasteiger partial charge in [-0.05, 0) is 56.9 Å². The second kappa shape index (κ2) is 6.96. The number of hydrogen-bond acceptors (Lipinski definition) is 5. The molecule has 1 aliphatic rings. The number of hydrogen-bond donors (Lipinski definition) is 2. The molecule has 1 aromatic heterocycles. The summed E-state index contributed by atoms with van der Waals surface area (Å²) in [5, 5.41) is 22.1. The molecular weight excluding hydrogens is 326 g/mol. The lowest BCUT2D eigenvalue weighted by Gasteiger charge is -2.27. The Morgan fingerprint density at radius 2 is 1.92 bits per heavy atom. The first-order valence-electron chi connectivity index (χ1n) is 8.15. The van der Waals surface area contributed by atoms with Gasteiger partial charge in [0.15, 0.2) is 5.76 Å². The third kappa shape index (κ3) is 3.65. The van der Waals surface area contributed by atoms with E-state index in [0.29, 0.717) is 29.8 Å². The van der Waals surface area contributed by atoms with Gasteiger partial charge in [0.05, 0.1) is 17.7 Å². The predicted octanol–water partition coefficient (Wildman–Crippen LogP) is 3.37. The molecule has 1 aliphatic carbocycles. The Kier molecular flexibility index (Phi) is 4.74. The van der Waals surface area contributed by atoms with E-state index in [4.69, 9.17) is 14.4 Å². The fourth-order valence-corrected chi connectivity index (χ4v) is 3.17. The number of carboxylic acid groups (broad SMARTS) is 2. The minimum absolute atomic E-state index is 0.0465. The fraction of sp³-hybridized carbons (Fsp3) is 0.389. The van der Waals surface area contributed by atoms with Gasteiger partial charge in [-0.1, -0.05) is 5.16 Å². The minimum atomic E-state index is -1.09. The Labute approximate surface area is 144 Å². The maximum atomic E-state index is 11.3. The van der Waals surface area contributed by atoms with E-state index in [1.807, 2.05) is 0 Å².